The van der Waals surface area contributed by atoms with Crippen LogP contribution in [0.4, 0.5) is 0 Å². The van der Waals surface area contributed by atoms with Crippen molar-refractivity contribution in [3.8, 4) is 0 Å². The number of carbonyl (C=O) groups excluding carboxylic acids is 4. The van der Waals surface area contributed by atoms with Crippen molar-refractivity contribution in [3.63, 3.8) is 0 Å². The first kappa shape index (κ1) is 72.3. The molecule has 75 heavy (non-hydrogen) atoms. The van der Waals surface area contributed by atoms with Gasteiger partial charge in [-0.1, -0.05) is 247 Å². The zero-order chi connectivity index (χ0) is 55.7. The number of epoxide rings is 2. The van der Waals surface area contributed by atoms with Crippen LogP contribution in [0, 0.1) is 0 Å². The smallest absolute Gasteiger partial charge is 0.330 e. The van der Waals surface area contributed by atoms with Crippen molar-refractivity contribution in [1.29, 1.82) is 0 Å². The maximum absolute atomic E-state index is 12.2. The molecule has 0 saturated carbocycles. The number of carbonyl (C=O) groups is 4. The highest BCUT2D eigenvalue weighted by atomic mass is 16.9. The zero-order valence-electron chi connectivity index (χ0n) is 50.7. The van der Waals surface area contributed by atoms with Gasteiger partial charge >= 0.3 is 29.7 Å². The highest BCUT2D eigenvalue weighted by Crippen LogP contribution is 2.58. The molecule has 0 aromatic carbocycles. The fourth-order valence-electron chi connectivity index (χ4n) is 10.1. The van der Waals surface area contributed by atoms with E-state index in [-0.39, 0.29) is 5.79 Å². The molecule has 0 amide bonds. The topological polar surface area (TPSA) is 130 Å². The summed E-state index contributed by atoms with van der Waals surface area (Å²) >= 11 is 0. The minimum atomic E-state index is -2.05. The van der Waals surface area contributed by atoms with Crippen LogP contribution in [-0.4, -0.2) is 59.9 Å². The minimum absolute atomic E-state index is 0.0766. The summed E-state index contributed by atoms with van der Waals surface area (Å²) in [6.45, 7) is 18.2. The van der Waals surface area contributed by atoms with Gasteiger partial charge in [0.05, 0.1) is 0 Å². The predicted octanol–water partition coefficient (Wildman–Crippen LogP) is 19.4. The molecule has 2 fully saturated rings. The predicted molar refractivity (Wildman–Crippen MR) is 310 cm³/mol. The van der Waals surface area contributed by atoms with Crippen LogP contribution in [0.25, 0.3) is 0 Å². The van der Waals surface area contributed by atoms with Gasteiger partial charge in [0.2, 0.25) is 5.79 Å². The molecule has 0 bridgehead atoms. The van der Waals surface area contributed by atoms with Crippen LogP contribution in [0.1, 0.15) is 339 Å². The highest BCUT2D eigenvalue weighted by Gasteiger charge is 2.75. The molecule has 4 unspecified atom stereocenters. The maximum Gasteiger partial charge on any atom is 0.330 e. The lowest BCUT2D eigenvalue weighted by atomic mass is 9.92. The summed E-state index contributed by atoms with van der Waals surface area (Å²) in [7, 11) is 0. The summed E-state index contributed by atoms with van der Waals surface area (Å²) in [4.78, 5) is 48.5. The second-order valence-electron chi connectivity index (χ2n) is 22.0. The lowest BCUT2D eigenvalue weighted by molar-refractivity contribution is -0.300. The average Bonchev–Trinajstić information content (AvgIpc) is 4.27. The van der Waals surface area contributed by atoms with E-state index >= 15 is 0 Å². The fraction of sp³-hybridized carbons (Fsp3) is 0.892. The highest BCUT2D eigenvalue weighted by molar-refractivity contribution is 5.70. The van der Waals surface area contributed by atoms with Crippen LogP contribution in [-0.2, 0) is 47.6 Å². The number of ether oxygens (including phenoxy) is 6. The van der Waals surface area contributed by atoms with E-state index in [1.54, 1.807) is 0 Å². The maximum atomic E-state index is 12.2. The average molecular weight is 1060 g/mol. The Labute approximate surface area is 462 Å². The largest absolute Gasteiger partial charge is 0.454 e. The number of unbranched alkanes of at least 4 members (excludes halogenated alkanes) is 32. The van der Waals surface area contributed by atoms with Gasteiger partial charge in [0.25, 0.3) is 0 Å². The summed E-state index contributed by atoms with van der Waals surface area (Å²) in [5.74, 6) is -4.80. The lowest BCUT2D eigenvalue weighted by Crippen LogP contribution is -2.60. The molecule has 2 heterocycles. The molecule has 10 nitrogen and oxygen atoms in total. The van der Waals surface area contributed by atoms with Gasteiger partial charge in [-0.3, -0.25) is 19.2 Å². The number of allylic oxidation sites excluding steroid dienone is 1. The Bertz CT molecular complexity index is 1330. The first-order chi connectivity index (χ1) is 36.3. The molecule has 2 rings (SSSR count). The molecule has 10 heteroatoms. The van der Waals surface area contributed by atoms with Crippen molar-refractivity contribution in [1.82, 2.24) is 0 Å². The summed E-state index contributed by atoms with van der Waals surface area (Å²) in [5.41, 5.74) is 3.34. The van der Waals surface area contributed by atoms with Crippen LogP contribution >= 0.6 is 0 Å². The molecule has 0 N–H and O–H groups in total. The first-order valence-corrected chi connectivity index (χ1v) is 31.8. The Morgan fingerprint density at radius 2 is 0.667 bits per heavy atom. The third-order valence-electron chi connectivity index (χ3n) is 14.5. The second kappa shape index (κ2) is 49.6. The summed E-state index contributed by atoms with van der Waals surface area (Å²) in [6, 6.07) is 0. The van der Waals surface area contributed by atoms with Crippen molar-refractivity contribution in [2.24, 2.45) is 0 Å². The second-order valence-corrected chi connectivity index (χ2v) is 22.0. The van der Waals surface area contributed by atoms with Crippen LogP contribution in [0.5, 0.6) is 0 Å². The Kier molecular flexibility index (Phi) is 47.8. The van der Waals surface area contributed by atoms with Gasteiger partial charge in [-0.15, -0.1) is 5.73 Å². The minimum Gasteiger partial charge on any atom is -0.454 e. The Morgan fingerprint density at radius 3 is 0.947 bits per heavy atom. The third-order valence-corrected chi connectivity index (χ3v) is 14.5. The van der Waals surface area contributed by atoms with E-state index in [0.29, 0.717) is 37.9 Å². The molecular formula is C65H120O10. The number of hydrogen-bond acceptors (Lipinski definition) is 10. The lowest BCUT2D eigenvalue weighted by Gasteiger charge is -2.42. The first-order valence-electron chi connectivity index (χ1n) is 31.8. The molecule has 440 valence electrons. The van der Waals surface area contributed by atoms with Crippen molar-refractivity contribution < 1.29 is 47.6 Å². The summed E-state index contributed by atoms with van der Waals surface area (Å²) in [6.07, 6.45) is 53.6. The number of hydrogen-bond donors (Lipinski definition) is 0. The molecular weight excluding hydrogens is 941 g/mol. The molecule has 4 atom stereocenters. The van der Waals surface area contributed by atoms with E-state index in [1.165, 1.54) is 207 Å². The molecule has 0 aliphatic carbocycles. The molecule has 0 aromatic rings. The fourth-order valence-corrected chi connectivity index (χ4v) is 10.1. The van der Waals surface area contributed by atoms with Crippen LogP contribution in [0.15, 0.2) is 17.9 Å². The van der Waals surface area contributed by atoms with E-state index in [1.807, 2.05) is 0 Å². The van der Waals surface area contributed by atoms with Gasteiger partial charge in [0, 0.05) is 27.7 Å². The van der Waals surface area contributed by atoms with Crippen LogP contribution < -0.4 is 0 Å². The Morgan fingerprint density at radius 1 is 0.400 bits per heavy atom. The normalized spacial score (nSPS) is 17.0. The van der Waals surface area contributed by atoms with Gasteiger partial charge in [0.15, 0.2) is 12.2 Å². The van der Waals surface area contributed by atoms with Gasteiger partial charge < -0.3 is 28.4 Å². The number of esters is 4. The Hall–Kier alpha value is -2.68. The monoisotopic (exact) mass is 1060 g/mol. The van der Waals surface area contributed by atoms with Crippen LogP contribution in [0.3, 0.4) is 0 Å². The van der Waals surface area contributed by atoms with Crippen molar-refractivity contribution in [2.75, 3.05) is 0 Å². The standard InChI is InChI=1S/C27H48O8.C19H36O2.C19H36/c1-7-9-11-13-15-17-19-25(32-21(3)28)27(34-23(5)30,35-24(6)31)26(33-22(4)29)20-18-16-14-12-10-8-2;1-3-5-7-9-11-13-15-17-19(20-17)18(21-19)16-14-12-10-8-6-4-2;1-3-5-7-9-11-13-15-17-19-18-16-14-12-10-8-6-4-2/h25-26H,7-20H2,1-6H3;17-18H,3-16H2,1-2H3;17-18H,3-16H2,1-2H3. The third kappa shape index (κ3) is 39.4. The van der Waals surface area contributed by atoms with E-state index in [0.717, 1.165) is 64.2 Å². The van der Waals surface area contributed by atoms with Crippen molar-refractivity contribution >= 4 is 23.9 Å². The van der Waals surface area contributed by atoms with Crippen molar-refractivity contribution in [2.45, 2.75) is 375 Å². The Balaban J connectivity index is 0.00000117. The van der Waals surface area contributed by atoms with Crippen LogP contribution in [0.2, 0.25) is 0 Å². The molecule has 2 saturated heterocycles. The van der Waals surface area contributed by atoms with E-state index in [9.17, 15) is 19.2 Å². The molecule has 0 radical (unpaired) electrons. The SMILES string of the molecule is CCCCCCCCC(OC(C)=O)C(OC(C)=O)(OC(C)=O)C(CCCCCCCC)OC(C)=O.CCCCCCCCC1OC12OC2CCCCCCCC.CCCCCCCCC=C=CCCCCCCCC. The molecule has 0 aromatic heterocycles. The molecule has 1 spiro atoms. The quantitative estimate of drug-likeness (QED) is 0.0145. The van der Waals surface area contributed by atoms with Gasteiger partial charge in [-0.05, 0) is 76.4 Å². The van der Waals surface area contributed by atoms with Gasteiger partial charge in [-0.2, -0.15) is 0 Å². The van der Waals surface area contributed by atoms with Gasteiger partial charge in [-0.25, -0.2) is 0 Å². The molecule has 2 aliphatic heterocycles. The number of rotatable bonds is 48. The summed E-state index contributed by atoms with van der Waals surface area (Å²) < 4.78 is 34.1. The van der Waals surface area contributed by atoms with Gasteiger partial charge in [0.1, 0.15) is 12.2 Å². The zero-order valence-corrected chi connectivity index (χ0v) is 50.7. The van der Waals surface area contributed by atoms with E-state index in [4.69, 9.17) is 28.4 Å². The van der Waals surface area contributed by atoms with E-state index < -0.39 is 41.9 Å². The van der Waals surface area contributed by atoms with Crippen molar-refractivity contribution in [3.05, 3.63) is 17.9 Å². The summed E-state index contributed by atoms with van der Waals surface area (Å²) in [5, 5.41) is 0. The van der Waals surface area contributed by atoms with E-state index in [2.05, 4.69) is 59.4 Å². The molecule has 2 aliphatic rings.